The molecule has 7 heteroatoms. The van der Waals surface area contributed by atoms with Crippen LogP contribution in [0.3, 0.4) is 0 Å². The first-order valence-corrected chi connectivity index (χ1v) is 8.97. The number of nitrogens with zero attached hydrogens (tertiary/aromatic N) is 2. The molecule has 1 aromatic heterocycles. The Hall–Kier alpha value is -2.51. The van der Waals surface area contributed by atoms with Crippen LogP contribution < -0.4 is 11.1 Å². The maximum Gasteiger partial charge on any atom is 0.194 e. The van der Waals surface area contributed by atoms with Gasteiger partial charge < -0.3 is 15.8 Å². The van der Waals surface area contributed by atoms with Crippen LogP contribution in [0.5, 0.6) is 0 Å². The Bertz CT molecular complexity index is 681. The summed E-state index contributed by atoms with van der Waals surface area (Å²) in [6.45, 7) is 2.25. The lowest BCUT2D eigenvalue weighted by molar-refractivity contribution is 0.125. The number of pyridine rings is 1. The first kappa shape index (κ1) is 19.8. The molecule has 26 heavy (non-hydrogen) atoms. The van der Waals surface area contributed by atoms with E-state index in [0.29, 0.717) is 31.4 Å². The zero-order valence-corrected chi connectivity index (χ0v) is 15.5. The second-order valence-electron chi connectivity index (χ2n) is 5.77. The van der Waals surface area contributed by atoms with Crippen LogP contribution in [0.1, 0.15) is 17.5 Å². The summed E-state index contributed by atoms with van der Waals surface area (Å²) in [6, 6.07) is 14.0. The molecule has 0 aliphatic rings. The van der Waals surface area contributed by atoms with Gasteiger partial charge in [-0.25, -0.2) is 0 Å². The van der Waals surface area contributed by atoms with E-state index in [1.54, 1.807) is 17.3 Å². The van der Waals surface area contributed by atoms with Gasteiger partial charge in [-0.2, -0.15) is 0 Å². The largest absolute Gasteiger partial charge is 0.375 e. The Kier molecular flexibility index (Phi) is 8.51. The fraction of sp³-hybridized carbons (Fsp3) is 0.316. The molecule has 0 radical (unpaired) electrons. The highest BCUT2D eigenvalue weighted by Crippen LogP contribution is 2.03. The summed E-state index contributed by atoms with van der Waals surface area (Å²) < 4.78 is 5.62. The molecule has 1 heterocycles. The molecular weight excluding hydrogens is 346 g/mol. The minimum Gasteiger partial charge on any atom is -0.375 e. The summed E-state index contributed by atoms with van der Waals surface area (Å²) in [5.74, 6) is -0.0533. The van der Waals surface area contributed by atoms with Crippen molar-refractivity contribution in [2.45, 2.75) is 19.4 Å². The summed E-state index contributed by atoms with van der Waals surface area (Å²) in [5, 5.41) is 11.3. The molecule has 0 spiro atoms. The summed E-state index contributed by atoms with van der Waals surface area (Å²) in [4.78, 5) is 5.61. The standard InChI is InChI=1S/C19H25N5OS/c20-18(21)24(13-4-7-16-8-10-22-11-9-16)19(26)23-12-14-25-15-17-5-2-1-3-6-17/h1-3,5-6,8-11H,4,7,12-15H2,(H3,20,21)(H,23,26). The zero-order valence-electron chi connectivity index (χ0n) is 14.7. The summed E-state index contributed by atoms with van der Waals surface area (Å²) in [7, 11) is 0. The van der Waals surface area contributed by atoms with Gasteiger partial charge in [-0.1, -0.05) is 30.3 Å². The highest BCUT2D eigenvalue weighted by molar-refractivity contribution is 7.80. The number of thiocarbonyl (C=S) groups is 1. The van der Waals surface area contributed by atoms with E-state index in [0.717, 1.165) is 18.4 Å². The van der Waals surface area contributed by atoms with Gasteiger partial charge in [0.2, 0.25) is 0 Å². The van der Waals surface area contributed by atoms with Crippen LogP contribution in [0.2, 0.25) is 0 Å². The Morgan fingerprint density at radius 3 is 2.58 bits per heavy atom. The van der Waals surface area contributed by atoms with Crippen LogP contribution in [0.15, 0.2) is 54.9 Å². The van der Waals surface area contributed by atoms with Gasteiger partial charge in [0, 0.05) is 25.5 Å². The second kappa shape index (κ2) is 11.2. The quantitative estimate of drug-likeness (QED) is 0.271. The number of hydrogen-bond donors (Lipinski definition) is 3. The Balaban J connectivity index is 1.66. The number of hydrogen-bond acceptors (Lipinski definition) is 4. The summed E-state index contributed by atoms with van der Waals surface area (Å²) >= 11 is 5.35. The smallest absolute Gasteiger partial charge is 0.194 e. The number of ether oxygens (including phenoxy) is 1. The Morgan fingerprint density at radius 2 is 1.88 bits per heavy atom. The molecule has 0 aliphatic carbocycles. The van der Waals surface area contributed by atoms with E-state index in [4.69, 9.17) is 28.1 Å². The van der Waals surface area contributed by atoms with Gasteiger partial charge in [0.1, 0.15) is 0 Å². The Morgan fingerprint density at radius 1 is 1.15 bits per heavy atom. The number of nitrogens with one attached hydrogen (secondary N) is 2. The van der Waals surface area contributed by atoms with Gasteiger partial charge in [0.05, 0.1) is 13.2 Å². The molecule has 0 fully saturated rings. The van der Waals surface area contributed by atoms with E-state index < -0.39 is 0 Å². The highest BCUT2D eigenvalue weighted by Gasteiger charge is 2.11. The predicted molar refractivity (Wildman–Crippen MR) is 108 cm³/mol. The number of nitrogens with two attached hydrogens (primary N) is 1. The lowest BCUT2D eigenvalue weighted by Gasteiger charge is -2.24. The molecule has 4 N–H and O–H groups in total. The van der Waals surface area contributed by atoms with Crippen LogP contribution in [-0.2, 0) is 17.8 Å². The van der Waals surface area contributed by atoms with Crippen molar-refractivity contribution in [3.63, 3.8) is 0 Å². The molecule has 0 unspecified atom stereocenters. The maximum atomic E-state index is 7.73. The third-order valence-corrected chi connectivity index (χ3v) is 4.13. The van der Waals surface area contributed by atoms with E-state index in [1.165, 1.54) is 5.56 Å². The van der Waals surface area contributed by atoms with Crippen molar-refractivity contribution in [1.29, 1.82) is 5.41 Å². The highest BCUT2D eigenvalue weighted by atomic mass is 32.1. The average Bonchev–Trinajstić information content (AvgIpc) is 2.66. The fourth-order valence-electron chi connectivity index (χ4n) is 2.41. The molecule has 2 aromatic rings. The van der Waals surface area contributed by atoms with Crippen molar-refractivity contribution in [2.75, 3.05) is 19.7 Å². The predicted octanol–water partition coefficient (Wildman–Crippen LogP) is 2.30. The molecule has 2 rings (SSSR count). The van der Waals surface area contributed by atoms with Crippen LogP contribution >= 0.6 is 12.2 Å². The van der Waals surface area contributed by atoms with Crippen LogP contribution in [0, 0.1) is 5.41 Å². The molecule has 6 nitrogen and oxygen atoms in total. The number of guanidine groups is 1. The monoisotopic (exact) mass is 371 g/mol. The van der Waals surface area contributed by atoms with E-state index in [9.17, 15) is 0 Å². The summed E-state index contributed by atoms with van der Waals surface area (Å²) in [5.41, 5.74) is 8.00. The third-order valence-electron chi connectivity index (χ3n) is 3.77. The summed E-state index contributed by atoms with van der Waals surface area (Å²) in [6.07, 6.45) is 5.28. The molecule has 0 bridgehead atoms. The first-order chi connectivity index (χ1) is 12.7. The van der Waals surface area contributed by atoms with Crippen molar-refractivity contribution >= 4 is 23.3 Å². The normalized spacial score (nSPS) is 10.3. The van der Waals surface area contributed by atoms with E-state index in [1.807, 2.05) is 42.5 Å². The maximum absolute atomic E-state index is 7.73. The van der Waals surface area contributed by atoms with Crippen molar-refractivity contribution < 1.29 is 4.74 Å². The first-order valence-electron chi connectivity index (χ1n) is 8.57. The molecule has 0 aliphatic heterocycles. The topological polar surface area (TPSA) is 87.3 Å². The van der Waals surface area contributed by atoms with Gasteiger partial charge in [0.25, 0.3) is 0 Å². The van der Waals surface area contributed by atoms with Crippen LogP contribution in [0.25, 0.3) is 0 Å². The van der Waals surface area contributed by atoms with E-state index in [2.05, 4.69) is 10.3 Å². The van der Waals surface area contributed by atoms with E-state index >= 15 is 0 Å². The van der Waals surface area contributed by atoms with Crippen molar-refractivity contribution in [2.24, 2.45) is 5.73 Å². The number of aromatic nitrogens is 1. The molecule has 0 amide bonds. The minimum atomic E-state index is -0.0533. The average molecular weight is 372 g/mol. The lowest BCUT2D eigenvalue weighted by Crippen LogP contribution is -2.47. The fourth-order valence-corrected chi connectivity index (χ4v) is 2.70. The second-order valence-corrected chi connectivity index (χ2v) is 6.15. The molecule has 0 saturated carbocycles. The number of rotatable bonds is 9. The van der Waals surface area contributed by atoms with Gasteiger partial charge in [-0.05, 0) is 48.3 Å². The van der Waals surface area contributed by atoms with Crippen molar-refractivity contribution in [3.8, 4) is 0 Å². The molecule has 138 valence electrons. The Labute approximate surface area is 159 Å². The SMILES string of the molecule is N=C(N)N(CCCc1ccncc1)C(=S)NCCOCc1ccccc1. The third kappa shape index (κ3) is 7.16. The zero-order chi connectivity index (χ0) is 18.6. The lowest BCUT2D eigenvalue weighted by atomic mass is 10.1. The van der Waals surface area contributed by atoms with Crippen molar-refractivity contribution in [3.05, 3.63) is 66.0 Å². The molecular formula is C19H25N5OS. The molecule has 0 atom stereocenters. The van der Waals surface area contributed by atoms with Gasteiger partial charge in [-0.15, -0.1) is 0 Å². The van der Waals surface area contributed by atoms with Gasteiger partial charge in [-0.3, -0.25) is 15.3 Å². The van der Waals surface area contributed by atoms with Crippen LogP contribution in [0.4, 0.5) is 0 Å². The number of aryl methyl sites for hydroxylation is 1. The molecule has 0 saturated heterocycles. The van der Waals surface area contributed by atoms with Crippen LogP contribution in [-0.4, -0.2) is 40.7 Å². The molecule has 1 aromatic carbocycles. The van der Waals surface area contributed by atoms with Crippen molar-refractivity contribution in [1.82, 2.24) is 15.2 Å². The van der Waals surface area contributed by atoms with Gasteiger partial charge >= 0.3 is 0 Å². The van der Waals surface area contributed by atoms with Gasteiger partial charge in [0.15, 0.2) is 11.1 Å². The number of benzene rings is 1. The minimum absolute atomic E-state index is 0.0533. The van der Waals surface area contributed by atoms with E-state index in [-0.39, 0.29) is 5.96 Å².